The highest BCUT2D eigenvalue weighted by Gasteiger charge is 1.99. The standard InChI is InChI=1S/C20H26N4O4/c21-19(22)15-1-5-17(6-2-15)27-13-11-25-9-10-26-12-14-28-18-7-3-16(4-8-18)20(23)24/h1-8H,9-14H2,(H3,21,22)(H3,23,24). The molecule has 150 valence electrons. The molecule has 0 heterocycles. The van der Waals surface area contributed by atoms with Crippen molar-refractivity contribution in [2.75, 3.05) is 39.6 Å². The molecule has 0 spiro atoms. The molecule has 0 amide bonds. The monoisotopic (exact) mass is 386 g/mol. The Morgan fingerprint density at radius 2 is 0.893 bits per heavy atom. The maximum Gasteiger partial charge on any atom is 0.122 e. The van der Waals surface area contributed by atoms with Crippen LogP contribution in [0.4, 0.5) is 0 Å². The van der Waals surface area contributed by atoms with Gasteiger partial charge in [-0.25, -0.2) is 0 Å². The zero-order chi connectivity index (χ0) is 20.2. The Labute approximate surface area is 164 Å². The number of benzene rings is 2. The van der Waals surface area contributed by atoms with Gasteiger partial charge in [-0.05, 0) is 48.5 Å². The Bertz CT molecular complexity index is 682. The van der Waals surface area contributed by atoms with Crippen molar-refractivity contribution in [1.82, 2.24) is 0 Å². The molecular formula is C20H26N4O4. The predicted octanol–water partition coefficient (Wildman–Crippen LogP) is 1.75. The number of nitrogens with one attached hydrogen (secondary N) is 2. The molecule has 0 aliphatic rings. The van der Waals surface area contributed by atoms with E-state index in [0.717, 1.165) is 0 Å². The van der Waals surface area contributed by atoms with Gasteiger partial charge in [0.2, 0.25) is 0 Å². The van der Waals surface area contributed by atoms with Crippen molar-refractivity contribution in [3.63, 3.8) is 0 Å². The van der Waals surface area contributed by atoms with Gasteiger partial charge in [-0.15, -0.1) is 0 Å². The molecule has 0 bridgehead atoms. The maximum absolute atomic E-state index is 7.33. The third kappa shape index (κ3) is 7.65. The van der Waals surface area contributed by atoms with Gasteiger partial charge in [0.25, 0.3) is 0 Å². The van der Waals surface area contributed by atoms with Crippen molar-refractivity contribution in [3.05, 3.63) is 59.7 Å². The molecule has 0 saturated carbocycles. The van der Waals surface area contributed by atoms with E-state index in [1.807, 2.05) is 0 Å². The van der Waals surface area contributed by atoms with Gasteiger partial charge in [0, 0.05) is 11.1 Å². The van der Waals surface area contributed by atoms with E-state index >= 15 is 0 Å². The SMILES string of the molecule is N=C(N)c1ccc(OCCOCCOCCOc2ccc(C(=N)N)cc2)cc1. The fourth-order valence-corrected chi connectivity index (χ4v) is 2.22. The lowest BCUT2D eigenvalue weighted by Gasteiger charge is -2.09. The number of rotatable bonds is 13. The molecule has 0 unspecified atom stereocenters. The van der Waals surface area contributed by atoms with Crippen LogP contribution in [-0.2, 0) is 9.47 Å². The summed E-state index contributed by atoms with van der Waals surface area (Å²) in [6.07, 6.45) is 0. The summed E-state index contributed by atoms with van der Waals surface area (Å²) < 4.78 is 22.0. The average Bonchev–Trinajstić information content (AvgIpc) is 2.70. The summed E-state index contributed by atoms with van der Waals surface area (Å²) in [7, 11) is 0. The summed E-state index contributed by atoms with van der Waals surface area (Å²) in [5.74, 6) is 1.48. The van der Waals surface area contributed by atoms with Gasteiger partial charge in [0.05, 0.1) is 26.4 Å². The van der Waals surface area contributed by atoms with Gasteiger partial charge >= 0.3 is 0 Å². The lowest BCUT2D eigenvalue weighted by Crippen LogP contribution is -2.14. The molecule has 6 N–H and O–H groups in total. The molecule has 0 aromatic heterocycles. The van der Waals surface area contributed by atoms with Crippen molar-refractivity contribution < 1.29 is 18.9 Å². The van der Waals surface area contributed by atoms with Crippen LogP contribution in [0, 0.1) is 10.8 Å². The first kappa shape index (κ1) is 21.2. The zero-order valence-corrected chi connectivity index (χ0v) is 15.6. The minimum Gasteiger partial charge on any atom is -0.491 e. The van der Waals surface area contributed by atoms with Gasteiger partial charge in [-0.3, -0.25) is 10.8 Å². The van der Waals surface area contributed by atoms with Crippen molar-refractivity contribution in [3.8, 4) is 11.5 Å². The smallest absolute Gasteiger partial charge is 0.122 e. The molecule has 8 heteroatoms. The van der Waals surface area contributed by atoms with Crippen molar-refractivity contribution in [2.24, 2.45) is 11.5 Å². The predicted molar refractivity (Wildman–Crippen MR) is 108 cm³/mol. The number of hydrogen-bond acceptors (Lipinski definition) is 6. The molecule has 0 fully saturated rings. The number of ether oxygens (including phenoxy) is 4. The summed E-state index contributed by atoms with van der Waals surface area (Å²) in [6.45, 7) is 2.71. The first-order chi connectivity index (χ1) is 13.6. The number of nitrogen functional groups attached to an aromatic ring is 2. The van der Waals surface area contributed by atoms with Crippen LogP contribution in [0.3, 0.4) is 0 Å². The first-order valence-corrected chi connectivity index (χ1v) is 8.86. The van der Waals surface area contributed by atoms with E-state index in [4.69, 9.17) is 41.2 Å². The number of amidine groups is 2. The van der Waals surface area contributed by atoms with E-state index < -0.39 is 0 Å². The van der Waals surface area contributed by atoms with Gasteiger partial charge in [0.15, 0.2) is 0 Å². The summed E-state index contributed by atoms with van der Waals surface area (Å²) in [4.78, 5) is 0. The fraction of sp³-hybridized carbons (Fsp3) is 0.300. The van der Waals surface area contributed by atoms with Crippen LogP contribution in [0.15, 0.2) is 48.5 Å². The highest BCUT2D eigenvalue weighted by atomic mass is 16.6. The second-order valence-corrected chi connectivity index (χ2v) is 5.80. The topological polar surface area (TPSA) is 137 Å². The molecular weight excluding hydrogens is 360 g/mol. The highest BCUT2D eigenvalue weighted by molar-refractivity contribution is 5.95. The Hall–Kier alpha value is -3.10. The van der Waals surface area contributed by atoms with E-state index in [9.17, 15) is 0 Å². The van der Waals surface area contributed by atoms with E-state index in [0.29, 0.717) is 62.3 Å². The molecule has 0 atom stereocenters. The number of nitrogens with two attached hydrogens (primary N) is 2. The quantitative estimate of drug-likeness (QED) is 0.235. The Morgan fingerprint density at radius 3 is 1.21 bits per heavy atom. The summed E-state index contributed by atoms with van der Waals surface area (Å²) >= 11 is 0. The minimum absolute atomic E-state index is 0.0335. The lowest BCUT2D eigenvalue weighted by molar-refractivity contribution is 0.0273. The Kier molecular flexibility index (Phi) is 8.77. The van der Waals surface area contributed by atoms with Crippen LogP contribution in [0.2, 0.25) is 0 Å². The molecule has 2 aromatic rings. The zero-order valence-electron chi connectivity index (χ0n) is 15.6. The summed E-state index contributed by atoms with van der Waals surface area (Å²) in [5.41, 5.74) is 12.1. The van der Waals surface area contributed by atoms with E-state index in [1.54, 1.807) is 48.5 Å². The van der Waals surface area contributed by atoms with Gasteiger partial charge in [-0.2, -0.15) is 0 Å². The first-order valence-electron chi connectivity index (χ1n) is 8.86. The fourth-order valence-electron chi connectivity index (χ4n) is 2.22. The van der Waals surface area contributed by atoms with Gasteiger partial charge in [-0.1, -0.05) is 0 Å². The third-order valence-corrected chi connectivity index (χ3v) is 3.70. The number of hydrogen-bond donors (Lipinski definition) is 4. The van der Waals surface area contributed by atoms with Gasteiger partial charge in [0.1, 0.15) is 36.4 Å². The maximum atomic E-state index is 7.33. The van der Waals surface area contributed by atoms with Gasteiger partial charge < -0.3 is 30.4 Å². The van der Waals surface area contributed by atoms with Crippen LogP contribution in [-0.4, -0.2) is 51.3 Å². The Balaban J connectivity index is 1.45. The molecule has 8 nitrogen and oxygen atoms in total. The van der Waals surface area contributed by atoms with E-state index in [2.05, 4.69) is 0 Å². The van der Waals surface area contributed by atoms with E-state index in [1.165, 1.54) is 0 Å². The van der Waals surface area contributed by atoms with Crippen LogP contribution < -0.4 is 20.9 Å². The van der Waals surface area contributed by atoms with E-state index in [-0.39, 0.29) is 11.7 Å². The van der Waals surface area contributed by atoms with Crippen LogP contribution in [0.1, 0.15) is 11.1 Å². The summed E-state index contributed by atoms with van der Waals surface area (Å²) in [5, 5.41) is 14.7. The Morgan fingerprint density at radius 1 is 0.571 bits per heavy atom. The summed E-state index contributed by atoms with van der Waals surface area (Å²) in [6, 6.07) is 14.1. The van der Waals surface area contributed by atoms with Crippen LogP contribution in [0.25, 0.3) is 0 Å². The lowest BCUT2D eigenvalue weighted by atomic mass is 10.2. The molecule has 2 aromatic carbocycles. The third-order valence-electron chi connectivity index (χ3n) is 3.70. The van der Waals surface area contributed by atoms with Crippen molar-refractivity contribution in [2.45, 2.75) is 0 Å². The molecule has 0 saturated heterocycles. The molecule has 28 heavy (non-hydrogen) atoms. The molecule has 0 aliphatic heterocycles. The molecule has 0 radical (unpaired) electrons. The largest absolute Gasteiger partial charge is 0.491 e. The molecule has 0 aliphatic carbocycles. The van der Waals surface area contributed by atoms with Crippen molar-refractivity contribution in [1.29, 1.82) is 10.8 Å². The normalized spacial score (nSPS) is 10.4. The van der Waals surface area contributed by atoms with Crippen molar-refractivity contribution >= 4 is 11.7 Å². The highest BCUT2D eigenvalue weighted by Crippen LogP contribution is 2.12. The average molecular weight is 386 g/mol. The second kappa shape index (κ2) is 11.6. The van der Waals surface area contributed by atoms with Crippen LogP contribution in [0.5, 0.6) is 11.5 Å². The molecule has 2 rings (SSSR count). The minimum atomic E-state index is 0.0335. The second-order valence-electron chi connectivity index (χ2n) is 5.80. The van der Waals surface area contributed by atoms with Crippen LogP contribution >= 0.6 is 0 Å².